The summed E-state index contributed by atoms with van der Waals surface area (Å²) in [4.78, 5) is 0. The van der Waals surface area contributed by atoms with Gasteiger partial charge in [-0.1, -0.05) is 0 Å². The Morgan fingerprint density at radius 1 is 1.64 bits per heavy atom. The molecular weight excluding hydrogens is 146 g/mol. The predicted octanol–water partition coefficient (Wildman–Crippen LogP) is -1.27. The summed E-state index contributed by atoms with van der Waals surface area (Å²) in [6.07, 6.45) is -0.202. The number of hydrogen-bond acceptors (Lipinski definition) is 4. The van der Waals surface area contributed by atoms with E-state index in [0.717, 1.165) is 6.54 Å². The van der Waals surface area contributed by atoms with Gasteiger partial charge in [0.1, 0.15) is 6.10 Å². The Hall–Kier alpha value is -0.160. The maximum atomic E-state index is 9.37. The van der Waals surface area contributed by atoms with Crippen molar-refractivity contribution in [3.63, 3.8) is 0 Å². The van der Waals surface area contributed by atoms with E-state index < -0.39 is 0 Å². The lowest BCUT2D eigenvalue weighted by Crippen LogP contribution is -2.37. The van der Waals surface area contributed by atoms with Gasteiger partial charge in [-0.2, -0.15) is 0 Å². The lowest BCUT2D eigenvalue weighted by atomic mass is 10.1. The molecular formula is C7H13NO3. The first-order chi connectivity index (χ1) is 5.33. The van der Waals surface area contributed by atoms with Crippen LogP contribution < -0.4 is 5.32 Å². The Bertz CT molecular complexity index is 153. The van der Waals surface area contributed by atoms with E-state index in [1.54, 1.807) is 7.11 Å². The molecule has 0 amide bonds. The second-order valence-electron chi connectivity index (χ2n) is 3.07. The van der Waals surface area contributed by atoms with E-state index in [-0.39, 0.29) is 24.4 Å². The molecule has 2 aliphatic rings. The van der Waals surface area contributed by atoms with Gasteiger partial charge in [0.15, 0.2) is 0 Å². The highest BCUT2D eigenvalue weighted by atomic mass is 16.6. The average molecular weight is 159 g/mol. The first kappa shape index (κ1) is 7.49. The normalized spacial score (nSPS) is 49.6. The maximum Gasteiger partial charge on any atom is 0.103 e. The highest BCUT2D eigenvalue weighted by molar-refractivity contribution is 5.00. The molecule has 0 bridgehead atoms. The third-order valence-electron chi connectivity index (χ3n) is 2.45. The van der Waals surface area contributed by atoms with Gasteiger partial charge in [-0.25, -0.2) is 0 Å². The van der Waals surface area contributed by atoms with Crippen LogP contribution in [0.25, 0.3) is 0 Å². The van der Waals surface area contributed by atoms with Crippen LogP contribution in [0.4, 0.5) is 0 Å². The highest BCUT2D eigenvalue weighted by Gasteiger charge is 2.45. The number of hydrogen-bond donors (Lipinski definition) is 2. The second kappa shape index (κ2) is 2.71. The number of ether oxygens (including phenoxy) is 2. The fourth-order valence-corrected chi connectivity index (χ4v) is 1.81. The smallest absolute Gasteiger partial charge is 0.103 e. The molecule has 0 aliphatic carbocycles. The van der Waals surface area contributed by atoms with Crippen molar-refractivity contribution in [1.29, 1.82) is 0 Å². The standard InChI is InChI=1S/C7H13NO3/c1-10-5-2-8-6-4(9)3-11-7(5)6/h4-9H,2-3H2,1H3/t4?,5?,6?,7-/m1/s1. The minimum absolute atomic E-state index is 0.0509. The van der Waals surface area contributed by atoms with Crippen molar-refractivity contribution in [3.8, 4) is 0 Å². The lowest BCUT2D eigenvalue weighted by molar-refractivity contribution is -0.00967. The molecule has 64 valence electrons. The third kappa shape index (κ3) is 1.06. The van der Waals surface area contributed by atoms with E-state index in [9.17, 15) is 5.11 Å². The lowest BCUT2D eigenvalue weighted by Gasteiger charge is -2.14. The van der Waals surface area contributed by atoms with E-state index in [1.807, 2.05) is 0 Å². The number of methoxy groups -OCH3 is 1. The van der Waals surface area contributed by atoms with Gasteiger partial charge in [0.2, 0.25) is 0 Å². The fourth-order valence-electron chi connectivity index (χ4n) is 1.81. The molecule has 0 aromatic carbocycles. The van der Waals surface area contributed by atoms with E-state index in [0.29, 0.717) is 6.61 Å². The predicted molar refractivity (Wildman–Crippen MR) is 38.3 cm³/mol. The third-order valence-corrected chi connectivity index (χ3v) is 2.45. The zero-order chi connectivity index (χ0) is 7.84. The van der Waals surface area contributed by atoms with Crippen LogP contribution in [0, 0.1) is 0 Å². The Morgan fingerprint density at radius 2 is 2.45 bits per heavy atom. The van der Waals surface area contributed by atoms with Crippen LogP contribution in [0.15, 0.2) is 0 Å². The van der Waals surface area contributed by atoms with Crippen molar-refractivity contribution in [3.05, 3.63) is 0 Å². The molecule has 11 heavy (non-hydrogen) atoms. The van der Waals surface area contributed by atoms with Gasteiger partial charge in [-0.05, 0) is 0 Å². The summed E-state index contributed by atoms with van der Waals surface area (Å²) in [5.41, 5.74) is 0. The van der Waals surface area contributed by atoms with Crippen molar-refractivity contribution in [2.45, 2.75) is 24.4 Å². The van der Waals surface area contributed by atoms with Crippen LogP contribution in [0.2, 0.25) is 0 Å². The van der Waals surface area contributed by atoms with Crippen molar-refractivity contribution in [2.24, 2.45) is 0 Å². The molecule has 0 spiro atoms. The summed E-state index contributed by atoms with van der Waals surface area (Å²) in [5.74, 6) is 0. The minimum atomic E-state index is -0.361. The van der Waals surface area contributed by atoms with E-state index in [2.05, 4.69) is 5.32 Å². The maximum absolute atomic E-state index is 9.37. The molecule has 0 aromatic rings. The highest BCUT2D eigenvalue weighted by Crippen LogP contribution is 2.23. The fraction of sp³-hybridized carbons (Fsp3) is 1.00. The van der Waals surface area contributed by atoms with Gasteiger partial charge >= 0.3 is 0 Å². The second-order valence-corrected chi connectivity index (χ2v) is 3.07. The van der Waals surface area contributed by atoms with Crippen molar-refractivity contribution in [2.75, 3.05) is 20.3 Å². The van der Waals surface area contributed by atoms with E-state index >= 15 is 0 Å². The molecule has 2 saturated heterocycles. The van der Waals surface area contributed by atoms with Crippen LogP contribution in [-0.4, -0.2) is 49.7 Å². The molecule has 2 fully saturated rings. The first-order valence-corrected chi connectivity index (χ1v) is 3.89. The first-order valence-electron chi connectivity index (χ1n) is 3.89. The summed E-state index contributed by atoms with van der Waals surface area (Å²) in [5, 5.41) is 12.5. The number of rotatable bonds is 1. The monoisotopic (exact) mass is 159 g/mol. The number of aliphatic hydroxyl groups is 1. The largest absolute Gasteiger partial charge is 0.389 e. The topological polar surface area (TPSA) is 50.7 Å². The van der Waals surface area contributed by atoms with Crippen LogP contribution in [0.3, 0.4) is 0 Å². The number of fused-ring (bicyclic) bond motifs is 1. The molecule has 2 aliphatic heterocycles. The molecule has 0 radical (unpaired) electrons. The van der Waals surface area contributed by atoms with Gasteiger partial charge < -0.3 is 19.9 Å². The molecule has 2 N–H and O–H groups in total. The van der Waals surface area contributed by atoms with Crippen LogP contribution in [0.5, 0.6) is 0 Å². The van der Waals surface area contributed by atoms with Crippen LogP contribution in [-0.2, 0) is 9.47 Å². The number of nitrogens with one attached hydrogen (secondary N) is 1. The molecule has 0 aromatic heterocycles. The molecule has 0 saturated carbocycles. The number of aliphatic hydroxyl groups excluding tert-OH is 1. The molecule has 2 heterocycles. The van der Waals surface area contributed by atoms with Crippen LogP contribution in [0.1, 0.15) is 0 Å². The zero-order valence-corrected chi connectivity index (χ0v) is 6.49. The SMILES string of the molecule is COC1CNC2C(O)CO[C@H]12. The molecule has 4 atom stereocenters. The van der Waals surface area contributed by atoms with Gasteiger partial charge in [0.25, 0.3) is 0 Å². The Morgan fingerprint density at radius 3 is 3.18 bits per heavy atom. The Balaban J connectivity index is 2.04. The summed E-state index contributed by atoms with van der Waals surface area (Å²) in [6, 6.07) is 0.0833. The molecule has 2 rings (SSSR count). The summed E-state index contributed by atoms with van der Waals surface area (Å²) in [6.45, 7) is 1.21. The summed E-state index contributed by atoms with van der Waals surface area (Å²) < 4.78 is 10.5. The van der Waals surface area contributed by atoms with Gasteiger partial charge in [0, 0.05) is 13.7 Å². The van der Waals surface area contributed by atoms with Crippen LogP contribution >= 0.6 is 0 Å². The zero-order valence-electron chi connectivity index (χ0n) is 6.49. The summed E-state index contributed by atoms with van der Waals surface area (Å²) >= 11 is 0. The Kier molecular flexibility index (Phi) is 1.85. The van der Waals surface area contributed by atoms with E-state index in [4.69, 9.17) is 9.47 Å². The van der Waals surface area contributed by atoms with Gasteiger partial charge in [-0.3, -0.25) is 0 Å². The van der Waals surface area contributed by atoms with E-state index in [1.165, 1.54) is 0 Å². The quantitative estimate of drug-likeness (QED) is 0.501. The van der Waals surface area contributed by atoms with Crippen molar-refractivity contribution in [1.82, 2.24) is 5.32 Å². The molecule has 4 nitrogen and oxygen atoms in total. The average Bonchev–Trinajstić information content (AvgIpc) is 2.53. The van der Waals surface area contributed by atoms with Crippen molar-refractivity contribution >= 4 is 0 Å². The Labute approximate surface area is 65.5 Å². The van der Waals surface area contributed by atoms with Crippen molar-refractivity contribution < 1.29 is 14.6 Å². The van der Waals surface area contributed by atoms with Gasteiger partial charge in [-0.15, -0.1) is 0 Å². The molecule has 3 unspecified atom stereocenters. The molecule has 4 heteroatoms. The van der Waals surface area contributed by atoms with Gasteiger partial charge in [0.05, 0.1) is 24.9 Å². The minimum Gasteiger partial charge on any atom is -0.389 e. The summed E-state index contributed by atoms with van der Waals surface area (Å²) in [7, 11) is 1.67.